The summed E-state index contributed by atoms with van der Waals surface area (Å²) >= 11 is 7.67. The lowest BCUT2D eigenvalue weighted by atomic mass is 10.3. The zero-order chi connectivity index (χ0) is 11.3. The predicted octanol–water partition coefficient (Wildman–Crippen LogP) is 1.41. The van der Waals surface area contributed by atoms with Gasteiger partial charge in [-0.25, -0.2) is 9.37 Å². The molecule has 2 N–H and O–H groups in total. The van der Waals surface area contributed by atoms with Crippen molar-refractivity contribution in [1.29, 1.82) is 0 Å². The standard InChI is InChI=1S/C8H8BrFN4S/c1-11-8(14-13-4-15)7-6(10)2-5(9)3-12-7/h2-4H,1H3,(H,11,14)(H,13,15). The van der Waals surface area contributed by atoms with Crippen LogP contribution in [0, 0.1) is 5.82 Å². The number of aliphatic imine (C=N–C) groups is 1. The van der Waals surface area contributed by atoms with Gasteiger partial charge in [0.2, 0.25) is 0 Å². The summed E-state index contributed by atoms with van der Waals surface area (Å²) in [6, 6.07) is 1.31. The Labute approximate surface area is 100 Å². The SMILES string of the molecule is CN=C(NNC=S)c1ncc(Br)cc1F. The van der Waals surface area contributed by atoms with Gasteiger partial charge in [0.1, 0.15) is 5.69 Å². The largest absolute Gasteiger partial charge is 0.296 e. The van der Waals surface area contributed by atoms with Crippen molar-refractivity contribution in [2.75, 3.05) is 7.05 Å². The normalized spacial score (nSPS) is 11.0. The quantitative estimate of drug-likeness (QED) is 0.383. The highest BCUT2D eigenvalue weighted by Crippen LogP contribution is 2.12. The van der Waals surface area contributed by atoms with Crippen LogP contribution in [0.1, 0.15) is 5.69 Å². The average Bonchev–Trinajstić information content (AvgIpc) is 2.21. The van der Waals surface area contributed by atoms with Crippen molar-refractivity contribution >= 4 is 39.5 Å². The number of rotatable bonds is 3. The van der Waals surface area contributed by atoms with E-state index in [9.17, 15) is 4.39 Å². The van der Waals surface area contributed by atoms with Gasteiger partial charge in [-0.05, 0) is 22.0 Å². The van der Waals surface area contributed by atoms with Crippen LogP contribution >= 0.6 is 28.1 Å². The molecule has 80 valence electrons. The molecule has 1 aromatic rings. The van der Waals surface area contributed by atoms with Crippen LogP contribution in [0.5, 0.6) is 0 Å². The number of amidine groups is 1. The molecule has 0 saturated carbocycles. The molecule has 0 aliphatic rings. The van der Waals surface area contributed by atoms with Crippen LogP contribution in [0.15, 0.2) is 21.7 Å². The number of nitrogens with one attached hydrogen (secondary N) is 2. The Hall–Kier alpha value is -1.08. The molecule has 1 rings (SSSR count). The molecular weight excluding hydrogens is 283 g/mol. The summed E-state index contributed by atoms with van der Waals surface area (Å²) in [6.07, 6.45) is 1.49. The van der Waals surface area contributed by atoms with E-state index >= 15 is 0 Å². The number of aromatic nitrogens is 1. The first-order chi connectivity index (χ1) is 7.19. The molecular formula is C8H8BrFN4S. The van der Waals surface area contributed by atoms with Gasteiger partial charge in [-0.2, -0.15) is 0 Å². The fourth-order valence-corrected chi connectivity index (χ4v) is 1.27. The third kappa shape index (κ3) is 3.21. The van der Waals surface area contributed by atoms with Gasteiger partial charge in [0.05, 0.1) is 5.49 Å². The summed E-state index contributed by atoms with van der Waals surface area (Å²) in [7, 11) is 1.52. The van der Waals surface area contributed by atoms with E-state index < -0.39 is 5.82 Å². The molecule has 0 aliphatic heterocycles. The molecule has 0 bridgehead atoms. The molecule has 0 saturated heterocycles. The predicted molar refractivity (Wildman–Crippen MR) is 64.3 cm³/mol. The maximum absolute atomic E-state index is 13.4. The summed E-state index contributed by atoms with van der Waals surface area (Å²) in [6.45, 7) is 0. The van der Waals surface area contributed by atoms with Crippen LogP contribution in [0.2, 0.25) is 0 Å². The van der Waals surface area contributed by atoms with Crippen molar-refractivity contribution in [1.82, 2.24) is 15.8 Å². The molecule has 0 atom stereocenters. The minimum Gasteiger partial charge on any atom is -0.296 e. The van der Waals surface area contributed by atoms with Crippen LogP contribution in [0.25, 0.3) is 0 Å². The molecule has 4 nitrogen and oxygen atoms in total. The molecule has 0 radical (unpaired) electrons. The Morgan fingerprint density at radius 3 is 3.00 bits per heavy atom. The van der Waals surface area contributed by atoms with Crippen LogP contribution < -0.4 is 10.9 Å². The van der Waals surface area contributed by atoms with Gasteiger partial charge in [0.25, 0.3) is 0 Å². The van der Waals surface area contributed by atoms with Gasteiger partial charge in [-0.3, -0.25) is 15.8 Å². The Morgan fingerprint density at radius 2 is 2.47 bits per heavy atom. The maximum Gasteiger partial charge on any atom is 0.168 e. The topological polar surface area (TPSA) is 49.3 Å². The zero-order valence-electron chi connectivity index (χ0n) is 7.79. The van der Waals surface area contributed by atoms with Gasteiger partial charge in [-0.1, -0.05) is 12.2 Å². The number of hydrogen-bond donors (Lipinski definition) is 2. The number of hydrogen-bond acceptors (Lipinski definition) is 3. The molecule has 0 unspecified atom stereocenters. The number of halogens is 2. The van der Waals surface area contributed by atoms with Crippen LogP contribution in [0.4, 0.5) is 4.39 Å². The van der Waals surface area contributed by atoms with Crippen molar-refractivity contribution in [2.24, 2.45) is 4.99 Å². The molecule has 0 aliphatic carbocycles. The van der Waals surface area contributed by atoms with Crippen molar-refractivity contribution in [3.63, 3.8) is 0 Å². The van der Waals surface area contributed by atoms with Gasteiger partial charge < -0.3 is 0 Å². The van der Waals surface area contributed by atoms with Crippen molar-refractivity contribution in [3.8, 4) is 0 Å². The van der Waals surface area contributed by atoms with E-state index in [2.05, 4.69) is 49.0 Å². The third-order valence-corrected chi connectivity index (χ3v) is 2.06. The molecule has 1 heterocycles. The van der Waals surface area contributed by atoms with Crippen LogP contribution in [-0.2, 0) is 0 Å². The molecule has 7 heteroatoms. The van der Waals surface area contributed by atoms with E-state index in [0.29, 0.717) is 4.47 Å². The summed E-state index contributed by atoms with van der Waals surface area (Å²) < 4.78 is 14.0. The van der Waals surface area contributed by atoms with E-state index in [1.165, 1.54) is 24.8 Å². The fourth-order valence-electron chi connectivity index (χ4n) is 0.908. The molecule has 1 aromatic heterocycles. The number of thiocarbonyl (C=S) groups is 1. The van der Waals surface area contributed by atoms with Gasteiger partial charge >= 0.3 is 0 Å². The molecule has 0 fully saturated rings. The van der Waals surface area contributed by atoms with Gasteiger partial charge in [-0.15, -0.1) is 0 Å². The lowest BCUT2D eigenvalue weighted by molar-refractivity contribution is 0.614. The highest BCUT2D eigenvalue weighted by atomic mass is 79.9. The highest BCUT2D eigenvalue weighted by molar-refractivity contribution is 9.10. The second-order valence-electron chi connectivity index (χ2n) is 2.44. The number of pyridine rings is 1. The Morgan fingerprint density at radius 1 is 1.73 bits per heavy atom. The Bertz CT molecular complexity index is 396. The maximum atomic E-state index is 13.4. The van der Waals surface area contributed by atoms with Crippen molar-refractivity contribution in [3.05, 3.63) is 28.2 Å². The minimum atomic E-state index is -0.469. The number of nitrogens with zero attached hydrogens (tertiary/aromatic N) is 2. The third-order valence-electron chi connectivity index (χ3n) is 1.51. The summed E-state index contributed by atoms with van der Waals surface area (Å²) in [4.78, 5) is 7.74. The Balaban J connectivity index is 2.97. The van der Waals surface area contributed by atoms with Crippen LogP contribution in [-0.4, -0.2) is 23.4 Å². The van der Waals surface area contributed by atoms with Crippen molar-refractivity contribution in [2.45, 2.75) is 0 Å². The van der Waals surface area contributed by atoms with E-state index in [1.807, 2.05) is 0 Å². The molecule has 0 spiro atoms. The number of hydrazine groups is 1. The lowest BCUT2D eigenvalue weighted by Crippen LogP contribution is -2.37. The summed E-state index contributed by atoms with van der Waals surface area (Å²) in [5.41, 5.74) is 6.53. The fraction of sp³-hybridized carbons (Fsp3) is 0.125. The second-order valence-corrected chi connectivity index (χ2v) is 3.59. The highest BCUT2D eigenvalue weighted by Gasteiger charge is 2.10. The van der Waals surface area contributed by atoms with E-state index in [-0.39, 0.29) is 11.5 Å². The summed E-state index contributed by atoms with van der Waals surface area (Å²) in [5.74, 6) is -0.190. The smallest absolute Gasteiger partial charge is 0.168 e. The Kier molecular flexibility index (Phi) is 4.57. The lowest BCUT2D eigenvalue weighted by Gasteiger charge is -2.08. The van der Waals surface area contributed by atoms with E-state index in [4.69, 9.17) is 0 Å². The van der Waals surface area contributed by atoms with Gasteiger partial charge in [0.15, 0.2) is 11.7 Å². The first kappa shape index (κ1) is 12.0. The second kappa shape index (κ2) is 5.72. The average molecular weight is 291 g/mol. The molecule has 15 heavy (non-hydrogen) atoms. The van der Waals surface area contributed by atoms with E-state index in [1.54, 1.807) is 0 Å². The minimum absolute atomic E-state index is 0.130. The zero-order valence-corrected chi connectivity index (χ0v) is 10.2. The summed E-state index contributed by atoms with van der Waals surface area (Å²) in [5, 5.41) is 0. The molecule has 0 amide bonds. The van der Waals surface area contributed by atoms with E-state index in [0.717, 1.165) is 0 Å². The first-order valence-electron chi connectivity index (χ1n) is 3.92. The van der Waals surface area contributed by atoms with Crippen molar-refractivity contribution < 1.29 is 4.39 Å². The first-order valence-corrected chi connectivity index (χ1v) is 5.19. The van der Waals surface area contributed by atoms with Crippen LogP contribution in [0.3, 0.4) is 0 Å². The molecule has 0 aromatic carbocycles. The van der Waals surface area contributed by atoms with Gasteiger partial charge in [0, 0.05) is 17.7 Å². The monoisotopic (exact) mass is 290 g/mol.